The van der Waals surface area contributed by atoms with Crippen LogP contribution in [0.5, 0.6) is 0 Å². The minimum Gasteiger partial charge on any atom is -0.424 e. The monoisotopic (exact) mass is 796 g/mol. The molecule has 4 atom stereocenters. The van der Waals surface area contributed by atoms with E-state index < -0.39 is 60.1 Å². The number of carbonyl (C=O) groups excluding carboxylic acids is 2. The van der Waals surface area contributed by atoms with Crippen LogP contribution in [0.4, 0.5) is 0 Å². The molecule has 4 aromatic rings. The number of esters is 2. The van der Waals surface area contributed by atoms with Crippen molar-refractivity contribution in [3.05, 3.63) is 180 Å². The molecule has 2 N–H and O–H groups in total. The van der Waals surface area contributed by atoms with Gasteiger partial charge in [0, 0.05) is 11.1 Å². The van der Waals surface area contributed by atoms with Gasteiger partial charge in [-0.25, -0.2) is 9.59 Å². The molecule has 0 saturated carbocycles. The second kappa shape index (κ2) is 22.5. The van der Waals surface area contributed by atoms with E-state index in [4.69, 9.17) is 23.7 Å². The van der Waals surface area contributed by atoms with Crippen LogP contribution in [0.2, 0.25) is 0 Å². The van der Waals surface area contributed by atoms with Crippen LogP contribution in [0.25, 0.3) is 11.1 Å². The van der Waals surface area contributed by atoms with E-state index in [0.717, 1.165) is 0 Å². The van der Waals surface area contributed by atoms with Crippen LogP contribution < -0.4 is 0 Å². The van der Waals surface area contributed by atoms with Crippen molar-refractivity contribution in [3.63, 3.8) is 0 Å². The van der Waals surface area contributed by atoms with Gasteiger partial charge in [0.05, 0.1) is 13.2 Å². The van der Waals surface area contributed by atoms with Gasteiger partial charge in [0.15, 0.2) is 0 Å². The highest BCUT2D eigenvalue weighted by atomic mass is 16.7. The number of rotatable bonds is 22. The Balaban J connectivity index is 1.77. The highest BCUT2D eigenvalue weighted by Gasteiger charge is 2.49. The molecule has 4 rings (SSSR count). The van der Waals surface area contributed by atoms with Crippen molar-refractivity contribution in [2.24, 2.45) is 0 Å². The summed E-state index contributed by atoms with van der Waals surface area (Å²) in [6.07, 6.45) is -0.148. The second-order valence-electron chi connectivity index (χ2n) is 13.2. The van der Waals surface area contributed by atoms with Crippen LogP contribution in [-0.2, 0) is 33.3 Å². The summed E-state index contributed by atoms with van der Waals surface area (Å²) in [5, 5.41) is 45.4. The highest BCUT2D eigenvalue weighted by Crippen LogP contribution is 2.33. The average molecular weight is 797 g/mol. The molecule has 0 aliphatic heterocycles. The van der Waals surface area contributed by atoms with Gasteiger partial charge in [-0.2, -0.15) is 10.5 Å². The molecule has 0 radical (unpaired) electrons. The third kappa shape index (κ3) is 11.8. The fourth-order valence-electron chi connectivity index (χ4n) is 6.35. The van der Waals surface area contributed by atoms with Crippen LogP contribution in [-0.4, -0.2) is 72.4 Å². The number of nitrogens with zero attached hydrogens (tertiary/aromatic N) is 2. The summed E-state index contributed by atoms with van der Waals surface area (Å²) in [4.78, 5) is 28.3. The Bertz CT molecular complexity index is 1920. The molecule has 11 heteroatoms. The van der Waals surface area contributed by atoms with Gasteiger partial charge in [-0.1, -0.05) is 147 Å². The molecule has 0 heterocycles. The Kier molecular flexibility index (Phi) is 17.3. The predicted molar refractivity (Wildman–Crippen MR) is 222 cm³/mol. The topological polar surface area (TPSA) is 168 Å². The SMILES string of the molecule is C=CCOCC(O)(OC(=O)C(C#N)=C(c1ccccc1)c1ccccc1)C(CC)OC(CC)C(O)(COCC=C)OC(=O)C(C#N)=C(c1ccccc1)c1ccccc1. The van der Waals surface area contributed by atoms with Crippen molar-refractivity contribution in [2.75, 3.05) is 26.4 Å². The lowest BCUT2D eigenvalue weighted by Gasteiger charge is -2.40. The zero-order chi connectivity index (χ0) is 42.7. The minimum atomic E-state index is -2.58. The molecule has 0 spiro atoms. The maximum atomic E-state index is 14.1. The Morgan fingerprint density at radius 2 is 0.881 bits per heavy atom. The van der Waals surface area contributed by atoms with Crippen molar-refractivity contribution < 1.29 is 43.5 Å². The molecule has 0 bridgehead atoms. The Morgan fingerprint density at radius 1 is 0.593 bits per heavy atom. The smallest absolute Gasteiger partial charge is 0.352 e. The van der Waals surface area contributed by atoms with Gasteiger partial charge < -0.3 is 33.9 Å². The fraction of sp³-hybridized carbons (Fsp3) is 0.250. The minimum absolute atomic E-state index is 0.0411. The predicted octanol–water partition coefficient (Wildman–Crippen LogP) is 7.48. The van der Waals surface area contributed by atoms with E-state index in [1.54, 1.807) is 135 Å². The van der Waals surface area contributed by atoms with Gasteiger partial charge in [-0.15, -0.1) is 13.2 Å². The number of benzene rings is 4. The quantitative estimate of drug-likeness (QED) is 0.0202. The van der Waals surface area contributed by atoms with Crippen LogP contribution in [0.15, 0.2) is 158 Å². The lowest BCUT2D eigenvalue weighted by atomic mass is 9.93. The molecule has 4 aromatic carbocycles. The first-order valence-corrected chi connectivity index (χ1v) is 19.0. The number of aliphatic hydroxyl groups is 2. The summed E-state index contributed by atoms with van der Waals surface area (Å²) in [5.41, 5.74) is 1.92. The van der Waals surface area contributed by atoms with Crippen molar-refractivity contribution in [1.82, 2.24) is 0 Å². The molecule has 11 nitrogen and oxygen atoms in total. The van der Waals surface area contributed by atoms with Crippen LogP contribution in [0.3, 0.4) is 0 Å². The summed E-state index contributed by atoms with van der Waals surface area (Å²) in [6, 6.07) is 39.1. The molecular formula is C48H48N2O9. The molecule has 0 saturated heterocycles. The number of carbonyl (C=O) groups is 2. The third-order valence-corrected chi connectivity index (χ3v) is 9.09. The maximum absolute atomic E-state index is 14.1. The number of hydrogen-bond acceptors (Lipinski definition) is 11. The lowest BCUT2D eigenvalue weighted by molar-refractivity contribution is -0.320. The summed E-state index contributed by atoms with van der Waals surface area (Å²) >= 11 is 0. The molecule has 0 aliphatic rings. The first kappa shape index (κ1) is 45.3. The summed E-state index contributed by atoms with van der Waals surface area (Å²) < 4.78 is 29.2. The van der Waals surface area contributed by atoms with E-state index in [9.17, 15) is 30.3 Å². The molecule has 0 aromatic heterocycles. The molecule has 4 unspecified atom stereocenters. The van der Waals surface area contributed by atoms with Crippen LogP contribution in [0.1, 0.15) is 48.9 Å². The van der Waals surface area contributed by atoms with Crippen LogP contribution >= 0.6 is 0 Å². The molecule has 59 heavy (non-hydrogen) atoms. The van der Waals surface area contributed by atoms with Gasteiger partial charge >= 0.3 is 11.9 Å². The van der Waals surface area contributed by atoms with Gasteiger partial charge in [0.25, 0.3) is 11.6 Å². The summed E-state index contributed by atoms with van der Waals surface area (Å²) in [7, 11) is 0. The first-order valence-electron chi connectivity index (χ1n) is 19.0. The number of ether oxygens (including phenoxy) is 5. The van der Waals surface area contributed by atoms with Crippen molar-refractivity contribution >= 4 is 23.1 Å². The summed E-state index contributed by atoms with van der Waals surface area (Å²) in [5.74, 6) is -7.52. The second-order valence-corrected chi connectivity index (χ2v) is 13.2. The Morgan fingerprint density at radius 3 is 1.12 bits per heavy atom. The molecule has 304 valence electrons. The molecule has 0 aliphatic carbocycles. The standard InChI is InChI=1S/C48H48N2O9/c1-5-29-55-33-47(53,58-45(51)39(31-49)43(35-21-13-9-14-22-35)36-23-15-10-16-24-36)41(7-3)57-42(8-4)48(54,34-56-30-6-2)59-46(52)40(32-50)44(37-25-17-11-18-26-37)38-27-19-12-20-28-38/h5-6,9-28,41-42,53-54H,1-2,7-8,29-30,33-34H2,3-4H3. The normalized spacial score (nSPS) is 13.7. The lowest BCUT2D eigenvalue weighted by Crippen LogP contribution is -2.57. The van der Waals surface area contributed by atoms with Gasteiger partial charge in [-0.05, 0) is 35.1 Å². The summed E-state index contributed by atoms with van der Waals surface area (Å²) in [6.45, 7) is 9.14. The average Bonchev–Trinajstić information content (AvgIpc) is 3.26. The number of nitriles is 2. The largest absolute Gasteiger partial charge is 0.424 e. The van der Waals surface area contributed by atoms with Crippen molar-refractivity contribution in [3.8, 4) is 12.1 Å². The van der Waals surface area contributed by atoms with E-state index in [0.29, 0.717) is 22.3 Å². The van der Waals surface area contributed by atoms with E-state index in [1.807, 2.05) is 12.1 Å². The van der Waals surface area contributed by atoms with Crippen molar-refractivity contribution in [2.45, 2.75) is 50.5 Å². The van der Waals surface area contributed by atoms with E-state index in [2.05, 4.69) is 13.2 Å². The Labute approximate surface area is 345 Å². The van der Waals surface area contributed by atoms with Gasteiger partial charge in [0.2, 0.25) is 0 Å². The highest BCUT2D eigenvalue weighted by molar-refractivity contribution is 6.06. The van der Waals surface area contributed by atoms with Crippen LogP contribution in [0, 0.1) is 22.7 Å². The zero-order valence-corrected chi connectivity index (χ0v) is 33.2. The molecule has 0 fully saturated rings. The zero-order valence-electron chi connectivity index (χ0n) is 33.2. The molecule has 0 amide bonds. The van der Waals surface area contributed by atoms with Gasteiger partial charge in [0.1, 0.15) is 48.7 Å². The number of hydrogen-bond donors (Lipinski definition) is 2. The van der Waals surface area contributed by atoms with E-state index in [-0.39, 0.29) is 37.2 Å². The van der Waals surface area contributed by atoms with E-state index in [1.165, 1.54) is 12.2 Å². The van der Waals surface area contributed by atoms with Crippen molar-refractivity contribution in [1.29, 1.82) is 10.5 Å². The molecular weight excluding hydrogens is 749 g/mol. The fourth-order valence-corrected chi connectivity index (χ4v) is 6.35. The Hall–Kier alpha value is -6.44. The first-order chi connectivity index (χ1) is 28.6. The van der Waals surface area contributed by atoms with E-state index >= 15 is 0 Å². The van der Waals surface area contributed by atoms with Gasteiger partial charge in [-0.3, -0.25) is 0 Å². The maximum Gasteiger partial charge on any atom is 0.352 e. The third-order valence-electron chi connectivity index (χ3n) is 9.09.